The van der Waals surface area contributed by atoms with Crippen molar-refractivity contribution in [3.63, 3.8) is 0 Å². The Morgan fingerprint density at radius 2 is 1.58 bits per heavy atom. The molecule has 4 rings (SSSR count). The Balaban J connectivity index is 1.71. The molecule has 0 spiro atoms. The van der Waals surface area contributed by atoms with Gasteiger partial charge in [0, 0.05) is 44.5 Å². The number of nitrogens with one attached hydrogen (secondary N) is 1. The quantitative estimate of drug-likeness (QED) is 0.480. The monoisotopic (exact) mass is 483 g/mol. The Labute approximate surface area is 210 Å². The van der Waals surface area contributed by atoms with Crippen LogP contribution in [0.4, 0.5) is 17.1 Å². The molecule has 7 nitrogen and oxygen atoms in total. The summed E-state index contributed by atoms with van der Waals surface area (Å²) in [5.74, 6) is -1.64. The SMILES string of the molecule is CC(=O)Nc1ccc(N2C(=O)C(O)=C(C(=O)CCc3ccccc3)C2c2ccc(N(C)C)cc2)cc1. The summed E-state index contributed by atoms with van der Waals surface area (Å²) in [6.07, 6.45) is 0.667. The third-order valence-corrected chi connectivity index (χ3v) is 6.18. The summed E-state index contributed by atoms with van der Waals surface area (Å²) in [6, 6.07) is 23.2. The first kappa shape index (κ1) is 24.7. The highest BCUT2D eigenvalue weighted by Crippen LogP contribution is 2.42. The van der Waals surface area contributed by atoms with E-state index in [0.29, 0.717) is 23.4 Å². The predicted octanol–water partition coefficient (Wildman–Crippen LogP) is 4.81. The van der Waals surface area contributed by atoms with Crippen molar-refractivity contribution in [3.05, 3.63) is 101 Å². The number of hydrogen-bond donors (Lipinski definition) is 2. The molecule has 0 fully saturated rings. The van der Waals surface area contributed by atoms with E-state index in [1.165, 1.54) is 11.8 Å². The summed E-state index contributed by atoms with van der Waals surface area (Å²) in [6.45, 7) is 1.42. The van der Waals surface area contributed by atoms with Crippen LogP contribution >= 0.6 is 0 Å². The lowest BCUT2D eigenvalue weighted by Crippen LogP contribution is -2.31. The number of benzene rings is 3. The Morgan fingerprint density at radius 3 is 2.17 bits per heavy atom. The highest BCUT2D eigenvalue weighted by molar-refractivity contribution is 6.16. The fraction of sp³-hybridized carbons (Fsp3) is 0.207. The zero-order valence-corrected chi connectivity index (χ0v) is 20.6. The van der Waals surface area contributed by atoms with Crippen LogP contribution in [0.25, 0.3) is 0 Å². The van der Waals surface area contributed by atoms with Gasteiger partial charge in [-0.2, -0.15) is 0 Å². The van der Waals surface area contributed by atoms with Gasteiger partial charge in [-0.05, 0) is 53.9 Å². The van der Waals surface area contributed by atoms with Crippen molar-refractivity contribution in [1.82, 2.24) is 0 Å². The summed E-state index contributed by atoms with van der Waals surface area (Å²) in [5.41, 5.74) is 3.88. The van der Waals surface area contributed by atoms with Gasteiger partial charge in [-0.1, -0.05) is 42.5 Å². The van der Waals surface area contributed by atoms with Gasteiger partial charge in [0.1, 0.15) is 0 Å². The van der Waals surface area contributed by atoms with Gasteiger partial charge in [0.15, 0.2) is 11.5 Å². The van der Waals surface area contributed by atoms with E-state index in [2.05, 4.69) is 5.32 Å². The molecule has 0 radical (unpaired) electrons. The fourth-order valence-electron chi connectivity index (χ4n) is 4.37. The number of aryl methyl sites for hydroxylation is 1. The molecule has 2 amide bonds. The summed E-state index contributed by atoms with van der Waals surface area (Å²) in [7, 11) is 3.86. The van der Waals surface area contributed by atoms with E-state index >= 15 is 0 Å². The van der Waals surface area contributed by atoms with Crippen molar-refractivity contribution in [3.8, 4) is 0 Å². The van der Waals surface area contributed by atoms with Crippen molar-refractivity contribution < 1.29 is 19.5 Å². The minimum absolute atomic E-state index is 0.0967. The first-order chi connectivity index (χ1) is 17.3. The number of rotatable bonds is 8. The van der Waals surface area contributed by atoms with E-state index < -0.39 is 17.7 Å². The molecule has 0 aliphatic carbocycles. The molecule has 2 N–H and O–H groups in total. The molecule has 3 aromatic rings. The molecule has 1 heterocycles. The number of ketones is 1. The molecule has 0 bridgehead atoms. The third kappa shape index (κ3) is 5.15. The maximum absolute atomic E-state index is 13.4. The van der Waals surface area contributed by atoms with Crippen molar-refractivity contribution in [2.75, 3.05) is 29.2 Å². The van der Waals surface area contributed by atoms with Crippen LogP contribution in [0, 0.1) is 0 Å². The van der Waals surface area contributed by atoms with E-state index in [0.717, 1.165) is 11.3 Å². The zero-order valence-electron chi connectivity index (χ0n) is 20.6. The van der Waals surface area contributed by atoms with Crippen LogP contribution < -0.4 is 15.1 Å². The van der Waals surface area contributed by atoms with Crippen LogP contribution in [-0.2, 0) is 20.8 Å². The van der Waals surface area contributed by atoms with Crippen LogP contribution in [0.1, 0.15) is 30.5 Å². The fourth-order valence-corrected chi connectivity index (χ4v) is 4.37. The number of hydrogen-bond acceptors (Lipinski definition) is 5. The lowest BCUT2D eigenvalue weighted by atomic mass is 9.93. The summed E-state index contributed by atoms with van der Waals surface area (Å²) >= 11 is 0. The van der Waals surface area contributed by atoms with E-state index in [-0.39, 0.29) is 23.7 Å². The van der Waals surface area contributed by atoms with Crippen molar-refractivity contribution in [2.24, 2.45) is 0 Å². The van der Waals surface area contributed by atoms with Crippen LogP contribution in [0.5, 0.6) is 0 Å². The van der Waals surface area contributed by atoms with Crippen molar-refractivity contribution in [2.45, 2.75) is 25.8 Å². The Morgan fingerprint density at radius 1 is 0.944 bits per heavy atom. The molecule has 3 aromatic carbocycles. The van der Waals surface area contributed by atoms with E-state index in [4.69, 9.17) is 0 Å². The summed E-state index contributed by atoms with van der Waals surface area (Å²) < 4.78 is 0. The Hall–Kier alpha value is -4.39. The van der Waals surface area contributed by atoms with Gasteiger partial charge in [0.05, 0.1) is 11.6 Å². The van der Waals surface area contributed by atoms with Crippen LogP contribution in [-0.4, -0.2) is 36.8 Å². The topological polar surface area (TPSA) is 90.0 Å². The van der Waals surface area contributed by atoms with Crippen LogP contribution in [0.3, 0.4) is 0 Å². The number of anilines is 3. The number of carbonyl (C=O) groups excluding carboxylic acids is 3. The molecule has 1 unspecified atom stereocenters. The molecule has 0 aromatic heterocycles. The first-order valence-corrected chi connectivity index (χ1v) is 11.7. The molecule has 7 heteroatoms. The van der Waals surface area contributed by atoms with Gasteiger partial charge in [-0.3, -0.25) is 19.3 Å². The lowest BCUT2D eigenvalue weighted by molar-refractivity contribution is -0.118. The maximum atomic E-state index is 13.4. The van der Waals surface area contributed by atoms with Crippen LogP contribution in [0.2, 0.25) is 0 Å². The normalized spacial score (nSPS) is 15.2. The highest BCUT2D eigenvalue weighted by Gasteiger charge is 2.44. The van der Waals surface area contributed by atoms with Gasteiger partial charge in [0.25, 0.3) is 5.91 Å². The van der Waals surface area contributed by atoms with E-state index in [9.17, 15) is 19.5 Å². The maximum Gasteiger partial charge on any atom is 0.294 e. The average Bonchev–Trinajstić information content (AvgIpc) is 3.14. The second-order valence-electron chi connectivity index (χ2n) is 8.96. The smallest absolute Gasteiger partial charge is 0.294 e. The number of aliphatic hydroxyl groups is 1. The first-order valence-electron chi connectivity index (χ1n) is 11.7. The average molecular weight is 484 g/mol. The molecule has 1 aliphatic rings. The number of amides is 2. The molecule has 36 heavy (non-hydrogen) atoms. The summed E-state index contributed by atoms with van der Waals surface area (Å²) in [5, 5.41) is 13.6. The van der Waals surface area contributed by atoms with Crippen LogP contribution in [0.15, 0.2) is 90.2 Å². The Bertz CT molecular complexity index is 1300. The number of Topliss-reactive ketones (excluding diaryl/α,β-unsaturated/α-hetero) is 1. The zero-order chi connectivity index (χ0) is 25.8. The molecular formula is C29H29N3O4. The predicted molar refractivity (Wildman–Crippen MR) is 141 cm³/mol. The van der Waals surface area contributed by atoms with Gasteiger partial charge >= 0.3 is 0 Å². The van der Waals surface area contributed by atoms with E-state index in [1.54, 1.807) is 24.3 Å². The Kier molecular flexibility index (Phi) is 7.20. The van der Waals surface area contributed by atoms with Crippen molar-refractivity contribution >= 4 is 34.7 Å². The summed E-state index contributed by atoms with van der Waals surface area (Å²) in [4.78, 5) is 41.5. The second-order valence-corrected chi connectivity index (χ2v) is 8.96. The molecular weight excluding hydrogens is 454 g/mol. The minimum Gasteiger partial charge on any atom is -0.503 e. The molecule has 1 aliphatic heterocycles. The third-order valence-electron chi connectivity index (χ3n) is 6.18. The van der Waals surface area contributed by atoms with Gasteiger partial charge in [-0.25, -0.2) is 0 Å². The van der Waals surface area contributed by atoms with Crippen molar-refractivity contribution in [1.29, 1.82) is 0 Å². The molecule has 0 saturated carbocycles. The van der Waals surface area contributed by atoms with Gasteiger partial charge in [0.2, 0.25) is 5.91 Å². The molecule has 184 valence electrons. The minimum atomic E-state index is -0.774. The number of nitrogens with zero attached hydrogens (tertiary/aromatic N) is 2. The standard InChI is InChI=1S/C29H29N3O4/c1-19(33)30-22-12-16-24(17-13-22)32-27(21-10-14-23(15-11-21)31(2)3)26(28(35)29(32)36)25(34)18-9-20-7-5-4-6-8-20/h4-8,10-17,27,35H,9,18H2,1-3H3,(H,30,33). The largest absolute Gasteiger partial charge is 0.503 e. The van der Waals surface area contributed by atoms with E-state index in [1.807, 2.05) is 73.6 Å². The van der Waals surface area contributed by atoms with Gasteiger partial charge < -0.3 is 15.3 Å². The number of aliphatic hydroxyl groups excluding tert-OH is 1. The lowest BCUT2D eigenvalue weighted by Gasteiger charge is -2.27. The van der Waals surface area contributed by atoms with Gasteiger partial charge in [-0.15, -0.1) is 0 Å². The second kappa shape index (κ2) is 10.5. The highest BCUT2D eigenvalue weighted by atomic mass is 16.3. The number of carbonyl (C=O) groups is 3. The molecule has 1 atom stereocenters. The molecule has 0 saturated heterocycles.